The van der Waals surface area contributed by atoms with Gasteiger partial charge in [-0.25, -0.2) is 0 Å². The highest BCUT2D eigenvalue weighted by atomic mass is 79.9. The van der Waals surface area contributed by atoms with Gasteiger partial charge in [0.2, 0.25) is 5.91 Å². The van der Waals surface area contributed by atoms with Crippen molar-refractivity contribution in [2.45, 2.75) is 6.54 Å². The van der Waals surface area contributed by atoms with Gasteiger partial charge in [0.15, 0.2) is 0 Å². The van der Waals surface area contributed by atoms with Crippen molar-refractivity contribution < 1.29 is 4.79 Å². The zero-order valence-electron chi connectivity index (χ0n) is 10.8. The van der Waals surface area contributed by atoms with E-state index in [9.17, 15) is 9.59 Å². The minimum absolute atomic E-state index is 0.0424. The van der Waals surface area contributed by atoms with Crippen molar-refractivity contribution in [2.75, 3.05) is 5.32 Å². The number of H-pyrrole nitrogens is 1. The van der Waals surface area contributed by atoms with Crippen LogP contribution in [0.3, 0.4) is 0 Å². The Kier molecular flexibility index (Phi) is 3.57. The van der Waals surface area contributed by atoms with E-state index >= 15 is 0 Å². The van der Waals surface area contributed by atoms with Gasteiger partial charge in [0, 0.05) is 27.8 Å². The van der Waals surface area contributed by atoms with Gasteiger partial charge in [0.25, 0.3) is 5.56 Å². The Labute approximate surface area is 127 Å². The molecule has 1 amide bonds. The van der Waals surface area contributed by atoms with E-state index in [4.69, 9.17) is 0 Å². The summed E-state index contributed by atoms with van der Waals surface area (Å²) >= 11 is 3.27. The molecule has 0 saturated heterocycles. The molecule has 0 aliphatic rings. The molecule has 1 aromatic carbocycles. The van der Waals surface area contributed by atoms with Crippen LogP contribution in [0, 0.1) is 0 Å². The van der Waals surface area contributed by atoms with Gasteiger partial charge in [0.05, 0.1) is 11.7 Å². The number of nitrogens with one attached hydrogen (secondary N) is 2. The van der Waals surface area contributed by atoms with Gasteiger partial charge in [0.1, 0.15) is 6.54 Å². The third-order valence-corrected chi connectivity index (χ3v) is 3.46. The highest BCUT2D eigenvalue weighted by Gasteiger charge is 2.06. The lowest BCUT2D eigenvalue weighted by Gasteiger charge is -2.07. The number of halogens is 1. The molecule has 0 radical (unpaired) electrons. The number of rotatable bonds is 3. The fourth-order valence-corrected chi connectivity index (χ4v) is 2.38. The summed E-state index contributed by atoms with van der Waals surface area (Å²) in [6, 6.07) is 8.50. The van der Waals surface area contributed by atoms with Crippen LogP contribution < -0.4 is 10.9 Å². The van der Waals surface area contributed by atoms with Crippen LogP contribution in [0.1, 0.15) is 0 Å². The van der Waals surface area contributed by atoms with E-state index in [2.05, 4.69) is 31.4 Å². The smallest absolute Gasteiger partial charge is 0.251 e. The molecule has 0 aliphatic carbocycles. The molecular weight excluding hydrogens is 336 g/mol. The molecule has 6 nitrogen and oxygen atoms in total. The number of amides is 1. The summed E-state index contributed by atoms with van der Waals surface area (Å²) in [4.78, 5) is 23.7. The van der Waals surface area contributed by atoms with Crippen LogP contribution in [0.15, 0.2) is 52.0 Å². The first-order chi connectivity index (χ1) is 10.1. The first kappa shape index (κ1) is 13.6. The van der Waals surface area contributed by atoms with Crippen molar-refractivity contribution in [1.82, 2.24) is 14.8 Å². The second-order valence-corrected chi connectivity index (χ2v) is 5.45. The Balaban J connectivity index is 1.76. The number of aromatic nitrogens is 3. The first-order valence-corrected chi connectivity index (χ1v) is 7.00. The van der Waals surface area contributed by atoms with E-state index in [0.29, 0.717) is 5.69 Å². The maximum atomic E-state index is 12.0. The molecule has 2 aromatic heterocycles. The molecule has 3 rings (SSSR count). The summed E-state index contributed by atoms with van der Waals surface area (Å²) in [5, 5.41) is 10.5. The molecule has 0 fully saturated rings. The lowest BCUT2D eigenvalue weighted by atomic mass is 10.2. The summed E-state index contributed by atoms with van der Waals surface area (Å²) in [5.74, 6) is -0.269. The van der Waals surface area contributed by atoms with Crippen LogP contribution in [0.4, 0.5) is 5.69 Å². The monoisotopic (exact) mass is 346 g/mol. The van der Waals surface area contributed by atoms with Gasteiger partial charge in [-0.1, -0.05) is 0 Å². The van der Waals surface area contributed by atoms with Crippen LogP contribution in [-0.4, -0.2) is 20.7 Å². The number of fused-ring (bicyclic) bond motifs is 1. The van der Waals surface area contributed by atoms with Crippen LogP contribution in [-0.2, 0) is 11.3 Å². The molecule has 0 bridgehead atoms. The van der Waals surface area contributed by atoms with Crippen molar-refractivity contribution in [1.29, 1.82) is 0 Å². The van der Waals surface area contributed by atoms with Crippen LogP contribution in [0.2, 0.25) is 0 Å². The van der Waals surface area contributed by atoms with Gasteiger partial charge in [-0.3, -0.25) is 14.7 Å². The first-order valence-electron chi connectivity index (χ1n) is 6.21. The highest BCUT2D eigenvalue weighted by molar-refractivity contribution is 9.10. The minimum Gasteiger partial charge on any atom is -0.324 e. The van der Waals surface area contributed by atoms with Gasteiger partial charge >= 0.3 is 0 Å². The third kappa shape index (κ3) is 3.03. The molecule has 2 N–H and O–H groups in total. The number of nitrogens with zero attached hydrogens (tertiary/aromatic N) is 2. The number of hydrogen-bond acceptors (Lipinski definition) is 3. The number of carbonyl (C=O) groups is 1. The fraction of sp³-hybridized carbons (Fsp3) is 0.0714. The van der Waals surface area contributed by atoms with Crippen LogP contribution in [0.25, 0.3) is 10.9 Å². The second-order valence-electron chi connectivity index (χ2n) is 4.53. The van der Waals surface area contributed by atoms with E-state index in [-0.39, 0.29) is 18.0 Å². The summed E-state index contributed by atoms with van der Waals surface area (Å²) in [6.45, 7) is -0.0424. The largest absolute Gasteiger partial charge is 0.324 e. The number of benzene rings is 1. The lowest BCUT2D eigenvalue weighted by molar-refractivity contribution is -0.116. The van der Waals surface area contributed by atoms with Gasteiger partial charge < -0.3 is 9.88 Å². The molecule has 2 heterocycles. The topological polar surface area (TPSA) is 79.8 Å². The number of aromatic amines is 1. The Hall–Kier alpha value is -2.41. The highest BCUT2D eigenvalue weighted by Crippen LogP contribution is 2.16. The Morgan fingerprint density at radius 2 is 2.19 bits per heavy atom. The molecule has 0 atom stereocenters. The third-order valence-electron chi connectivity index (χ3n) is 2.99. The predicted molar refractivity (Wildman–Crippen MR) is 83.1 cm³/mol. The standard InChI is InChI=1S/C14H11BrN4O2/c15-10-2-4-14(21)19(7-10)8-13(20)17-11-3-1-9-6-16-18-12(9)5-11/h1-7H,8H2,(H,16,18)(H,17,20). The minimum atomic E-state index is -0.269. The zero-order valence-corrected chi connectivity index (χ0v) is 12.4. The molecule has 106 valence electrons. The average molecular weight is 347 g/mol. The normalized spacial score (nSPS) is 10.7. The summed E-state index contributed by atoms with van der Waals surface area (Å²) < 4.78 is 2.09. The van der Waals surface area contributed by atoms with Crippen molar-refractivity contribution >= 4 is 38.4 Å². The van der Waals surface area contributed by atoms with E-state index in [1.165, 1.54) is 10.6 Å². The number of pyridine rings is 1. The summed E-state index contributed by atoms with van der Waals surface area (Å²) in [7, 11) is 0. The molecule has 7 heteroatoms. The van der Waals surface area contributed by atoms with Gasteiger partial charge in [-0.05, 0) is 40.2 Å². The maximum absolute atomic E-state index is 12.0. The molecule has 3 aromatic rings. The van der Waals surface area contributed by atoms with Crippen molar-refractivity contribution in [3.05, 3.63) is 57.6 Å². The van der Waals surface area contributed by atoms with E-state index < -0.39 is 0 Å². The van der Waals surface area contributed by atoms with Crippen molar-refractivity contribution in [2.24, 2.45) is 0 Å². The molecule has 0 saturated carbocycles. The van der Waals surface area contributed by atoms with Crippen LogP contribution in [0.5, 0.6) is 0 Å². The molecule has 0 aliphatic heterocycles. The number of anilines is 1. The fourth-order valence-electron chi connectivity index (χ4n) is 2.00. The Bertz CT molecular complexity index is 869. The number of hydrogen-bond donors (Lipinski definition) is 2. The lowest BCUT2D eigenvalue weighted by Crippen LogP contribution is -2.26. The molecule has 21 heavy (non-hydrogen) atoms. The summed E-state index contributed by atoms with van der Waals surface area (Å²) in [6.07, 6.45) is 3.29. The Morgan fingerprint density at radius 1 is 1.33 bits per heavy atom. The van der Waals surface area contributed by atoms with Gasteiger partial charge in [-0.2, -0.15) is 5.10 Å². The van der Waals surface area contributed by atoms with Crippen molar-refractivity contribution in [3.8, 4) is 0 Å². The molecule has 0 spiro atoms. The average Bonchev–Trinajstić information content (AvgIpc) is 2.90. The van der Waals surface area contributed by atoms with Gasteiger partial charge in [-0.15, -0.1) is 0 Å². The second kappa shape index (κ2) is 5.53. The maximum Gasteiger partial charge on any atom is 0.251 e. The molecule has 0 unspecified atom stereocenters. The van der Waals surface area contributed by atoms with E-state index in [0.717, 1.165) is 15.4 Å². The van der Waals surface area contributed by atoms with Crippen LogP contribution >= 0.6 is 15.9 Å². The summed E-state index contributed by atoms with van der Waals surface area (Å²) in [5.41, 5.74) is 1.27. The Morgan fingerprint density at radius 3 is 3.05 bits per heavy atom. The van der Waals surface area contributed by atoms with E-state index in [1.54, 1.807) is 30.6 Å². The molecular formula is C14H11BrN4O2. The predicted octanol–water partition coefficient (Wildman–Crippen LogP) is 2.13. The quantitative estimate of drug-likeness (QED) is 0.762. The zero-order chi connectivity index (χ0) is 14.8. The van der Waals surface area contributed by atoms with Crippen molar-refractivity contribution in [3.63, 3.8) is 0 Å². The van der Waals surface area contributed by atoms with E-state index in [1.807, 2.05) is 6.07 Å². The number of carbonyl (C=O) groups excluding carboxylic acids is 1. The SMILES string of the molecule is O=C(Cn1cc(Br)ccc1=O)Nc1ccc2cn[nH]c2c1.